The Morgan fingerprint density at radius 1 is 1.33 bits per heavy atom. The second-order valence-electron chi connectivity index (χ2n) is 2.82. The summed E-state index contributed by atoms with van der Waals surface area (Å²) in [5.74, 6) is 1.13. The SMILES string of the molecule is COCOc1c(Br)cc(CO)cc1OC. The molecule has 4 nitrogen and oxygen atoms in total. The van der Waals surface area contributed by atoms with E-state index in [9.17, 15) is 0 Å². The second-order valence-corrected chi connectivity index (χ2v) is 3.67. The number of aliphatic hydroxyl groups is 1. The first-order chi connectivity index (χ1) is 7.22. The van der Waals surface area contributed by atoms with E-state index in [0.717, 1.165) is 10.0 Å². The van der Waals surface area contributed by atoms with Gasteiger partial charge >= 0.3 is 0 Å². The van der Waals surface area contributed by atoms with Crippen LogP contribution in [-0.2, 0) is 11.3 Å². The molecule has 0 amide bonds. The zero-order valence-corrected chi connectivity index (χ0v) is 10.2. The molecule has 1 N–H and O–H groups in total. The molecule has 0 saturated carbocycles. The molecule has 5 heteroatoms. The van der Waals surface area contributed by atoms with Gasteiger partial charge in [-0.3, -0.25) is 0 Å². The maximum atomic E-state index is 9.01. The van der Waals surface area contributed by atoms with Crippen molar-refractivity contribution in [3.05, 3.63) is 22.2 Å². The number of benzene rings is 1. The highest BCUT2D eigenvalue weighted by molar-refractivity contribution is 9.10. The van der Waals surface area contributed by atoms with Gasteiger partial charge in [0.1, 0.15) is 0 Å². The van der Waals surface area contributed by atoms with Crippen molar-refractivity contribution >= 4 is 15.9 Å². The molecule has 0 radical (unpaired) electrons. The topological polar surface area (TPSA) is 47.9 Å². The lowest BCUT2D eigenvalue weighted by molar-refractivity contribution is 0.0485. The van der Waals surface area contributed by atoms with E-state index < -0.39 is 0 Å². The molecular weight excluding hydrogens is 264 g/mol. The highest BCUT2D eigenvalue weighted by atomic mass is 79.9. The molecule has 1 rings (SSSR count). The van der Waals surface area contributed by atoms with Gasteiger partial charge in [0.05, 0.1) is 18.2 Å². The largest absolute Gasteiger partial charge is 0.493 e. The number of halogens is 1. The first-order valence-electron chi connectivity index (χ1n) is 4.32. The van der Waals surface area contributed by atoms with Gasteiger partial charge in [0.15, 0.2) is 18.3 Å². The molecule has 0 atom stereocenters. The lowest BCUT2D eigenvalue weighted by Gasteiger charge is -2.12. The van der Waals surface area contributed by atoms with Gasteiger partial charge in [-0.15, -0.1) is 0 Å². The summed E-state index contributed by atoms with van der Waals surface area (Å²) in [5, 5.41) is 9.01. The van der Waals surface area contributed by atoms with E-state index >= 15 is 0 Å². The molecule has 0 heterocycles. The van der Waals surface area contributed by atoms with E-state index in [1.165, 1.54) is 0 Å². The molecular formula is C10H13BrO4. The maximum Gasteiger partial charge on any atom is 0.188 e. The number of methoxy groups -OCH3 is 2. The molecule has 0 saturated heterocycles. The van der Waals surface area contributed by atoms with Gasteiger partial charge < -0.3 is 19.3 Å². The molecule has 84 valence electrons. The minimum atomic E-state index is -0.0421. The smallest absolute Gasteiger partial charge is 0.188 e. The minimum Gasteiger partial charge on any atom is -0.493 e. The molecule has 1 aromatic carbocycles. The summed E-state index contributed by atoms with van der Waals surface area (Å²) in [4.78, 5) is 0. The normalized spacial score (nSPS) is 10.1. The Balaban J connectivity index is 3.01. The fraction of sp³-hybridized carbons (Fsp3) is 0.400. The molecule has 0 aliphatic heterocycles. The molecule has 15 heavy (non-hydrogen) atoms. The van der Waals surface area contributed by atoms with Crippen molar-refractivity contribution in [2.75, 3.05) is 21.0 Å². The molecule has 0 spiro atoms. The Kier molecular flexibility index (Phi) is 4.87. The van der Waals surface area contributed by atoms with Crippen LogP contribution in [0.25, 0.3) is 0 Å². The summed E-state index contributed by atoms with van der Waals surface area (Å²) in [7, 11) is 3.09. The number of ether oxygens (including phenoxy) is 3. The van der Waals surface area contributed by atoms with Gasteiger partial charge in [-0.05, 0) is 33.6 Å². The summed E-state index contributed by atoms with van der Waals surface area (Å²) in [6.45, 7) is 0.104. The highest BCUT2D eigenvalue weighted by Crippen LogP contribution is 2.36. The average molecular weight is 277 g/mol. The summed E-state index contributed by atoms with van der Waals surface area (Å²) in [5.41, 5.74) is 0.753. The molecule has 0 fully saturated rings. The van der Waals surface area contributed by atoms with Crippen molar-refractivity contribution in [2.45, 2.75) is 6.61 Å². The van der Waals surface area contributed by atoms with Gasteiger partial charge in [-0.2, -0.15) is 0 Å². The number of hydrogen-bond acceptors (Lipinski definition) is 4. The Labute approximate surface area is 96.9 Å². The molecule has 0 bridgehead atoms. The minimum absolute atomic E-state index is 0.0421. The number of hydrogen-bond donors (Lipinski definition) is 1. The maximum absolute atomic E-state index is 9.01. The Morgan fingerprint density at radius 3 is 2.60 bits per heavy atom. The highest BCUT2D eigenvalue weighted by Gasteiger charge is 2.11. The van der Waals surface area contributed by atoms with Crippen LogP contribution in [0.3, 0.4) is 0 Å². The van der Waals surface area contributed by atoms with Crippen molar-refractivity contribution in [3.8, 4) is 11.5 Å². The number of rotatable bonds is 5. The van der Waals surface area contributed by atoms with Crippen LogP contribution in [0, 0.1) is 0 Å². The zero-order valence-electron chi connectivity index (χ0n) is 8.62. The summed E-state index contributed by atoms with van der Waals surface area (Å²) in [6.07, 6.45) is 0. The van der Waals surface area contributed by atoms with E-state index in [-0.39, 0.29) is 13.4 Å². The van der Waals surface area contributed by atoms with Crippen LogP contribution in [0.4, 0.5) is 0 Å². The van der Waals surface area contributed by atoms with Crippen LogP contribution >= 0.6 is 15.9 Å². The Hall–Kier alpha value is -0.780. The standard InChI is InChI=1S/C10H13BrO4/c1-13-6-15-10-8(11)3-7(5-12)4-9(10)14-2/h3-4,12H,5-6H2,1-2H3. The van der Waals surface area contributed by atoms with Gasteiger partial charge in [0, 0.05) is 7.11 Å². The predicted octanol–water partition coefficient (Wildman–Crippen LogP) is 1.93. The van der Waals surface area contributed by atoms with Crippen LogP contribution in [-0.4, -0.2) is 26.1 Å². The van der Waals surface area contributed by atoms with Crippen LogP contribution < -0.4 is 9.47 Å². The fourth-order valence-corrected chi connectivity index (χ4v) is 1.73. The van der Waals surface area contributed by atoms with Crippen molar-refractivity contribution in [3.63, 3.8) is 0 Å². The lowest BCUT2D eigenvalue weighted by atomic mass is 10.2. The van der Waals surface area contributed by atoms with Gasteiger partial charge in [-0.1, -0.05) is 0 Å². The van der Waals surface area contributed by atoms with Crippen molar-refractivity contribution in [2.24, 2.45) is 0 Å². The van der Waals surface area contributed by atoms with Crippen molar-refractivity contribution < 1.29 is 19.3 Å². The van der Waals surface area contributed by atoms with Crippen LogP contribution in [0.15, 0.2) is 16.6 Å². The zero-order chi connectivity index (χ0) is 11.3. The summed E-state index contributed by atoms with van der Waals surface area (Å²) < 4.78 is 16.0. The second kappa shape index (κ2) is 5.95. The monoisotopic (exact) mass is 276 g/mol. The third-order valence-corrected chi connectivity index (χ3v) is 2.38. The van der Waals surface area contributed by atoms with E-state index in [4.69, 9.17) is 19.3 Å². The first-order valence-corrected chi connectivity index (χ1v) is 5.11. The fourth-order valence-electron chi connectivity index (χ4n) is 1.12. The third kappa shape index (κ3) is 3.09. The van der Waals surface area contributed by atoms with E-state index in [1.54, 1.807) is 26.4 Å². The lowest BCUT2D eigenvalue weighted by Crippen LogP contribution is -2.02. The summed E-state index contributed by atoms with van der Waals surface area (Å²) in [6, 6.07) is 3.49. The van der Waals surface area contributed by atoms with E-state index in [2.05, 4.69) is 15.9 Å². The van der Waals surface area contributed by atoms with Crippen LogP contribution in [0.1, 0.15) is 5.56 Å². The molecule has 0 aliphatic rings. The van der Waals surface area contributed by atoms with E-state index in [0.29, 0.717) is 11.5 Å². The van der Waals surface area contributed by atoms with Gasteiger partial charge in [0.2, 0.25) is 0 Å². The first kappa shape index (κ1) is 12.3. The predicted molar refractivity (Wildman–Crippen MR) is 59.1 cm³/mol. The van der Waals surface area contributed by atoms with Gasteiger partial charge in [-0.25, -0.2) is 0 Å². The molecule has 0 aliphatic carbocycles. The van der Waals surface area contributed by atoms with E-state index in [1.807, 2.05) is 0 Å². The Bertz CT molecular complexity index is 327. The average Bonchev–Trinajstić information content (AvgIpc) is 2.26. The quantitative estimate of drug-likeness (QED) is 0.835. The third-order valence-electron chi connectivity index (χ3n) is 1.79. The van der Waals surface area contributed by atoms with Crippen LogP contribution in [0.2, 0.25) is 0 Å². The van der Waals surface area contributed by atoms with Crippen LogP contribution in [0.5, 0.6) is 11.5 Å². The molecule has 0 unspecified atom stereocenters. The number of aliphatic hydroxyl groups excluding tert-OH is 1. The van der Waals surface area contributed by atoms with Gasteiger partial charge in [0.25, 0.3) is 0 Å². The van der Waals surface area contributed by atoms with Crippen molar-refractivity contribution in [1.29, 1.82) is 0 Å². The Morgan fingerprint density at radius 2 is 2.07 bits per heavy atom. The van der Waals surface area contributed by atoms with Crippen molar-refractivity contribution in [1.82, 2.24) is 0 Å². The molecule has 0 aromatic heterocycles. The molecule has 1 aromatic rings. The summed E-state index contributed by atoms with van der Waals surface area (Å²) >= 11 is 3.34.